The molecule has 1 aromatic heterocycles. The molecular weight excluding hydrogens is 414 g/mol. The van der Waals surface area contributed by atoms with Gasteiger partial charge in [0.1, 0.15) is 5.57 Å². The lowest BCUT2D eigenvalue weighted by molar-refractivity contribution is -0.122. The summed E-state index contributed by atoms with van der Waals surface area (Å²) in [5, 5.41) is 2.46. The quantitative estimate of drug-likeness (QED) is 0.479. The molecule has 4 rings (SSSR count). The molecule has 0 unspecified atom stereocenters. The molecule has 1 fully saturated rings. The number of rotatable bonds is 3. The molecule has 1 N–H and O–H groups in total. The minimum atomic E-state index is -0.828. The van der Waals surface area contributed by atoms with Gasteiger partial charge in [-0.15, -0.1) is 0 Å². The maximum Gasteiger partial charge on any atom is 0.335 e. The van der Waals surface area contributed by atoms with Crippen LogP contribution in [-0.2, 0) is 9.59 Å². The molecule has 0 aliphatic carbocycles. The average Bonchev–Trinajstić information content (AvgIpc) is 3.00. The number of amides is 4. The Bertz CT molecular complexity index is 1260. The predicted molar refractivity (Wildman–Crippen MR) is 120 cm³/mol. The lowest BCUT2D eigenvalue weighted by atomic mass is 10.1. The smallest absolute Gasteiger partial charge is 0.318 e. The number of nitrogens with one attached hydrogen (secondary N) is 1. The van der Waals surface area contributed by atoms with Crippen molar-refractivity contribution in [3.05, 3.63) is 87.7 Å². The number of aryl methyl sites for hydroxylation is 2. The number of nitrogens with zero attached hydrogens (tertiary/aromatic N) is 2. The van der Waals surface area contributed by atoms with E-state index in [1.54, 1.807) is 24.3 Å². The number of benzene rings is 2. The van der Waals surface area contributed by atoms with Crippen molar-refractivity contribution in [1.29, 1.82) is 0 Å². The van der Waals surface area contributed by atoms with Gasteiger partial charge in [0.2, 0.25) is 0 Å². The van der Waals surface area contributed by atoms with Gasteiger partial charge >= 0.3 is 6.03 Å². The van der Waals surface area contributed by atoms with E-state index < -0.39 is 17.8 Å². The number of hydrogen-bond acceptors (Lipinski definition) is 3. The van der Waals surface area contributed by atoms with E-state index in [-0.39, 0.29) is 16.3 Å². The number of carbonyl (C=O) groups excluding carboxylic acids is 3. The van der Waals surface area contributed by atoms with Crippen molar-refractivity contribution in [1.82, 2.24) is 9.88 Å². The molecule has 2 aromatic carbocycles. The van der Waals surface area contributed by atoms with Gasteiger partial charge in [0.25, 0.3) is 11.8 Å². The second-order valence-electron chi connectivity index (χ2n) is 7.41. The van der Waals surface area contributed by atoms with Gasteiger partial charge in [-0.1, -0.05) is 41.4 Å². The molecule has 156 valence electrons. The summed E-state index contributed by atoms with van der Waals surface area (Å²) < 4.78 is 2.05. The maximum absolute atomic E-state index is 13.1. The van der Waals surface area contributed by atoms with E-state index >= 15 is 0 Å². The van der Waals surface area contributed by atoms with E-state index in [1.807, 2.05) is 55.7 Å². The normalized spacial score (nSPS) is 15.5. The Morgan fingerprint density at radius 3 is 2.29 bits per heavy atom. The van der Waals surface area contributed by atoms with Crippen LogP contribution < -0.4 is 10.2 Å². The first-order valence-electron chi connectivity index (χ1n) is 9.70. The molecule has 0 spiro atoms. The molecule has 0 bridgehead atoms. The fraction of sp³-hybridized carbons (Fsp3) is 0.125. The predicted octanol–water partition coefficient (Wildman–Crippen LogP) is 4.72. The van der Waals surface area contributed by atoms with Crippen LogP contribution in [0.4, 0.5) is 10.5 Å². The molecule has 4 amide bonds. The maximum atomic E-state index is 13.1. The molecule has 1 aliphatic heterocycles. The summed E-state index contributed by atoms with van der Waals surface area (Å²) in [6.45, 7) is 5.90. The topological polar surface area (TPSA) is 71.4 Å². The van der Waals surface area contributed by atoms with Gasteiger partial charge in [0.15, 0.2) is 0 Å². The fourth-order valence-corrected chi connectivity index (χ4v) is 3.91. The van der Waals surface area contributed by atoms with E-state index in [4.69, 9.17) is 11.6 Å². The molecular formula is C24H20ClN3O3. The molecule has 0 radical (unpaired) electrons. The fourth-order valence-electron chi connectivity index (χ4n) is 3.69. The third kappa shape index (κ3) is 3.66. The Hall–Kier alpha value is -3.64. The van der Waals surface area contributed by atoms with Gasteiger partial charge < -0.3 is 4.57 Å². The van der Waals surface area contributed by atoms with Crippen molar-refractivity contribution in [2.45, 2.75) is 20.8 Å². The van der Waals surface area contributed by atoms with Crippen molar-refractivity contribution in [2.75, 3.05) is 4.90 Å². The summed E-state index contributed by atoms with van der Waals surface area (Å²) in [6.07, 6.45) is 1.51. The molecule has 6 nitrogen and oxygen atoms in total. The minimum Gasteiger partial charge on any atom is -0.318 e. The monoisotopic (exact) mass is 433 g/mol. The summed E-state index contributed by atoms with van der Waals surface area (Å²) in [5.74, 6) is -1.46. The van der Waals surface area contributed by atoms with Gasteiger partial charge in [0, 0.05) is 17.1 Å². The van der Waals surface area contributed by atoms with Gasteiger partial charge in [-0.25, -0.2) is 9.69 Å². The number of carbonyl (C=O) groups is 3. The van der Waals surface area contributed by atoms with E-state index in [0.717, 1.165) is 27.5 Å². The molecule has 0 atom stereocenters. The van der Waals surface area contributed by atoms with Crippen LogP contribution in [0.15, 0.2) is 60.2 Å². The van der Waals surface area contributed by atoms with Crippen molar-refractivity contribution >= 4 is 41.2 Å². The van der Waals surface area contributed by atoms with E-state index in [9.17, 15) is 14.4 Å². The minimum absolute atomic E-state index is 0.135. The molecule has 7 heteroatoms. The Morgan fingerprint density at radius 2 is 1.61 bits per heavy atom. The van der Waals surface area contributed by atoms with Crippen LogP contribution in [0.2, 0.25) is 5.02 Å². The van der Waals surface area contributed by atoms with Crippen molar-refractivity contribution < 1.29 is 14.4 Å². The van der Waals surface area contributed by atoms with Crippen LogP contribution in [0.3, 0.4) is 0 Å². The largest absolute Gasteiger partial charge is 0.335 e. The first kappa shape index (κ1) is 20.6. The Balaban J connectivity index is 1.77. The van der Waals surface area contributed by atoms with Crippen LogP contribution in [0.1, 0.15) is 22.5 Å². The zero-order valence-electron chi connectivity index (χ0n) is 17.3. The zero-order chi connectivity index (χ0) is 22.3. The number of aromatic nitrogens is 1. The molecule has 3 aromatic rings. The average molecular weight is 434 g/mol. The Kier molecular flexibility index (Phi) is 5.25. The van der Waals surface area contributed by atoms with Gasteiger partial charge in [-0.05, 0) is 62.7 Å². The highest BCUT2D eigenvalue weighted by molar-refractivity contribution is 6.42. The van der Waals surface area contributed by atoms with Crippen LogP contribution in [0.25, 0.3) is 11.8 Å². The SMILES string of the molecule is Cc1ccc(-n2c(C)cc(/C=C3/C(=O)NC(=O)N(c4ccccc4Cl)C3=O)c2C)cc1. The number of anilines is 1. The number of barbiturate groups is 1. The number of hydrogen-bond donors (Lipinski definition) is 1. The number of urea groups is 1. The first-order valence-corrected chi connectivity index (χ1v) is 10.1. The van der Waals surface area contributed by atoms with Gasteiger partial charge in [-0.2, -0.15) is 0 Å². The third-order valence-electron chi connectivity index (χ3n) is 5.26. The molecule has 1 aliphatic rings. The standard InChI is InChI=1S/C24H20ClN3O3/c1-14-8-10-18(11-9-14)27-15(2)12-17(16(27)3)13-19-22(29)26-24(31)28(23(19)30)21-7-5-4-6-20(21)25/h4-13H,1-3H3,(H,26,29,31)/b19-13-. The molecule has 2 heterocycles. The van der Waals surface area contributed by atoms with Crippen LogP contribution in [0, 0.1) is 20.8 Å². The lowest BCUT2D eigenvalue weighted by Crippen LogP contribution is -2.54. The third-order valence-corrected chi connectivity index (χ3v) is 5.58. The summed E-state index contributed by atoms with van der Waals surface area (Å²) in [4.78, 5) is 38.9. The highest BCUT2D eigenvalue weighted by atomic mass is 35.5. The van der Waals surface area contributed by atoms with Crippen LogP contribution >= 0.6 is 11.6 Å². The van der Waals surface area contributed by atoms with E-state index in [0.29, 0.717) is 5.56 Å². The molecule has 0 saturated carbocycles. The highest BCUT2D eigenvalue weighted by Crippen LogP contribution is 2.30. The second kappa shape index (κ2) is 7.89. The molecule has 31 heavy (non-hydrogen) atoms. The Labute approximate surface area is 184 Å². The molecule has 1 saturated heterocycles. The van der Waals surface area contributed by atoms with E-state index in [1.165, 1.54) is 6.08 Å². The van der Waals surface area contributed by atoms with Crippen molar-refractivity contribution in [3.8, 4) is 5.69 Å². The highest BCUT2D eigenvalue weighted by Gasteiger charge is 2.37. The van der Waals surface area contributed by atoms with Crippen molar-refractivity contribution in [2.24, 2.45) is 0 Å². The van der Waals surface area contributed by atoms with Crippen LogP contribution in [-0.4, -0.2) is 22.4 Å². The summed E-state index contributed by atoms with van der Waals surface area (Å²) in [5.41, 5.74) is 4.76. The number of halogens is 1. The summed E-state index contributed by atoms with van der Waals surface area (Å²) in [6, 6.07) is 15.6. The van der Waals surface area contributed by atoms with Gasteiger partial charge in [-0.3, -0.25) is 14.9 Å². The second-order valence-corrected chi connectivity index (χ2v) is 7.81. The first-order chi connectivity index (χ1) is 14.8. The van der Waals surface area contributed by atoms with Crippen molar-refractivity contribution in [3.63, 3.8) is 0 Å². The lowest BCUT2D eigenvalue weighted by Gasteiger charge is -2.27. The Morgan fingerprint density at radius 1 is 0.935 bits per heavy atom. The number of para-hydroxylation sites is 1. The van der Waals surface area contributed by atoms with Crippen LogP contribution in [0.5, 0.6) is 0 Å². The number of imide groups is 2. The zero-order valence-corrected chi connectivity index (χ0v) is 18.0. The van der Waals surface area contributed by atoms with Gasteiger partial charge in [0.05, 0.1) is 10.7 Å². The van der Waals surface area contributed by atoms with E-state index in [2.05, 4.69) is 5.32 Å². The summed E-state index contributed by atoms with van der Waals surface area (Å²) >= 11 is 6.18. The summed E-state index contributed by atoms with van der Waals surface area (Å²) in [7, 11) is 0.